The lowest BCUT2D eigenvalue weighted by molar-refractivity contribution is -0.135. The number of carbonyl (C=O) groups is 1. The molecule has 0 N–H and O–H groups in total. The van der Waals surface area contributed by atoms with Crippen LogP contribution in [0.1, 0.15) is 0 Å². The van der Waals surface area contributed by atoms with Crippen LogP contribution in [0.2, 0.25) is 5.02 Å². The number of para-hydroxylation sites is 1. The van der Waals surface area contributed by atoms with E-state index in [0.29, 0.717) is 29.8 Å². The van der Waals surface area contributed by atoms with E-state index in [9.17, 15) is 4.79 Å². The molecule has 6 heteroatoms. The molecule has 1 aromatic rings. The van der Waals surface area contributed by atoms with Crippen molar-refractivity contribution in [2.45, 2.75) is 6.04 Å². The summed E-state index contributed by atoms with van der Waals surface area (Å²) in [5.41, 5.74) is 0. The number of rotatable bonds is 3. The summed E-state index contributed by atoms with van der Waals surface area (Å²) < 4.78 is 11.3. The third kappa shape index (κ3) is 3.54. The summed E-state index contributed by atoms with van der Waals surface area (Å²) >= 11 is 6.04. The molecule has 1 aromatic carbocycles. The fourth-order valence-electron chi connectivity index (χ4n) is 3.05. The standard InChI is InChI=1S/C16H21ClN2O3/c1-18-6-12-7-19(8-13(18)10-21-9-12)16(20)11-22-15-5-3-2-4-14(15)17/h2-5,12-13H,6-11H2,1H3/t12-,13+/m1/s1. The van der Waals surface area contributed by atoms with Gasteiger partial charge < -0.3 is 14.4 Å². The van der Waals surface area contributed by atoms with Gasteiger partial charge in [0.1, 0.15) is 5.75 Å². The number of amides is 1. The van der Waals surface area contributed by atoms with Crippen molar-refractivity contribution in [2.24, 2.45) is 5.92 Å². The fraction of sp³-hybridized carbons (Fsp3) is 0.562. The fourth-order valence-corrected chi connectivity index (χ4v) is 3.24. The Labute approximate surface area is 135 Å². The average molecular weight is 325 g/mol. The van der Waals surface area contributed by atoms with Gasteiger partial charge in [-0.3, -0.25) is 9.69 Å². The Balaban J connectivity index is 1.61. The van der Waals surface area contributed by atoms with E-state index < -0.39 is 0 Å². The molecule has 5 nitrogen and oxygen atoms in total. The van der Waals surface area contributed by atoms with Gasteiger partial charge in [0.25, 0.3) is 5.91 Å². The van der Waals surface area contributed by atoms with Crippen LogP contribution < -0.4 is 4.74 Å². The smallest absolute Gasteiger partial charge is 0.260 e. The van der Waals surface area contributed by atoms with E-state index in [0.717, 1.165) is 19.7 Å². The van der Waals surface area contributed by atoms with Crippen molar-refractivity contribution in [3.63, 3.8) is 0 Å². The lowest BCUT2D eigenvalue weighted by Crippen LogP contribution is -2.46. The van der Waals surface area contributed by atoms with Gasteiger partial charge in [0.2, 0.25) is 0 Å². The van der Waals surface area contributed by atoms with E-state index in [1.807, 2.05) is 17.0 Å². The van der Waals surface area contributed by atoms with E-state index >= 15 is 0 Å². The van der Waals surface area contributed by atoms with E-state index in [4.69, 9.17) is 21.1 Å². The molecule has 2 aliphatic rings. The number of hydrogen-bond acceptors (Lipinski definition) is 4. The normalized spacial score (nSPS) is 25.6. The average Bonchev–Trinajstić information content (AvgIpc) is 2.74. The molecule has 2 saturated heterocycles. The maximum absolute atomic E-state index is 12.5. The Hall–Kier alpha value is -1.30. The lowest BCUT2D eigenvalue weighted by Gasteiger charge is -2.29. The van der Waals surface area contributed by atoms with Crippen LogP contribution in [-0.2, 0) is 9.53 Å². The number of fused-ring (bicyclic) bond motifs is 3. The highest BCUT2D eigenvalue weighted by atomic mass is 35.5. The molecule has 0 unspecified atom stereocenters. The molecule has 0 saturated carbocycles. The van der Waals surface area contributed by atoms with Gasteiger partial charge in [-0.1, -0.05) is 23.7 Å². The van der Waals surface area contributed by atoms with Crippen molar-refractivity contribution in [1.29, 1.82) is 0 Å². The molecule has 2 bridgehead atoms. The zero-order chi connectivity index (χ0) is 15.5. The monoisotopic (exact) mass is 324 g/mol. The van der Waals surface area contributed by atoms with Gasteiger partial charge in [-0.2, -0.15) is 0 Å². The van der Waals surface area contributed by atoms with E-state index in [1.165, 1.54) is 0 Å². The van der Waals surface area contributed by atoms with Crippen molar-refractivity contribution in [1.82, 2.24) is 9.80 Å². The maximum atomic E-state index is 12.5. The highest BCUT2D eigenvalue weighted by Gasteiger charge is 2.33. The lowest BCUT2D eigenvalue weighted by atomic mass is 10.1. The summed E-state index contributed by atoms with van der Waals surface area (Å²) in [5.74, 6) is 0.918. The first-order chi connectivity index (χ1) is 10.6. The van der Waals surface area contributed by atoms with Gasteiger partial charge in [-0.05, 0) is 19.2 Å². The molecule has 0 aromatic heterocycles. The molecule has 2 heterocycles. The van der Waals surface area contributed by atoms with Gasteiger partial charge >= 0.3 is 0 Å². The molecule has 2 atom stereocenters. The first-order valence-corrected chi connectivity index (χ1v) is 7.94. The van der Waals surface area contributed by atoms with Gasteiger partial charge in [-0.25, -0.2) is 0 Å². The minimum absolute atomic E-state index is 0.00659. The molecule has 0 radical (unpaired) electrons. The Kier molecular flexibility index (Phi) is 4.86. The minimum atomic E-state index is 0.00659. The molecule has 22 heavy (non-hydrogen) atoms. The Morgan fingerprint density at radius 1 is 1.32 bits per heavy atom. The number of benzene rings is 1. The number of halogens is 1. The summed E-state index contributed by atoms with van der Waals surface area (Å²) in [4.78, 5) is 16.7. The highest BCUT2D eigenvalue weighted by molar-refractivity contribution is 6.32. The number of carbonyl (C=O) groups excluding carboxylic acids is 1. The molecular weight excluding hydrogens is 304 g/mol. The molecule has 0 aliphatic carbocycles. The van der Waals surface area contributed by atoms with Crippen LogP contribution >= 0.6 is 11.6 Å². The molecule has 1 amide bonds. The van der Waals surface area contributed by atoms with Crippen LogP contribution in [0, 0.1) is 5.92 Å². The minimum Gasteiger partial charge on any atom is -0.482 e. The van der Waals surface area contributed by atoms with Gasteiger partial charge in [0.15, 0.2) is 6.61 Å². The Morgan fingerprint density at radius 2 is 2.14 bits per heavy atom. The number of likely N-dealkylation sites (N-methyl/N-ethyl adjacent to an activating group) is 1. The van der Waals surface area contributed by atoms with Crippen LogP contribution in [0.25, 0.3) is 0 Å². The van der Waals surface area contributed by atoms with Crippen LogP contribution in [0.5, 0.6) is 5.75 Å². The van der Waals surface area contributed by atoms with E-state index in [2.05, 4.69) is 11.9 Å². The maximum Gasteiger partial charge on any atom is 0.260 e. The second-order valence-corrected chi connectivity index (χ2v) is 6.42. The molecule has 3 rings (SSSR count). The first-order valence-electron chi connectivity index (χ1n) is 7.56. The highest BCUT2D eigenvalue weighted by Crippen LogP contribution is 2.23. The van der Waals surface area contributed by atoms with Crippen molar-refractivity contribution >= 4 is 17.5 Å². The van der Waals surface area contributed by atoms with Crippen LogP contribution in [0.15, 0.2) is 24.3 Å². The second kappa shape index (κ2) is 6.86. The van der Waals surface area contributed by atoms with Crippen molar-refractivity contribution in [2.75, 3.05) is 46.5 Å². The van der Waals surface area contributed by atoms with Gasteiger partial charge in [0, 0.05) is 25.6 Å². The molecule has 2 aliphatic heterocycles. The molecular formula is C16H21ClN2O3. The Morgan fingerprint density at radius 3 is 2.95 bits per heavy atom. The number of ether oxygens (including phenoxy) is 2. The van der Waals surface area contributed by atoms with Crippen molar-refractivity contribution < 1.29 is 14.3 Å². The van der Waals surface area contributed by atoms with Gasteiger partial charge in [-0.15, -0.1) is 0 Å². The zero-order valence-electron chi connectivity index (χ0n) is 12.7. The van der Waals surface area contributed by atoms with Crippen molar-refractivity contribution in [3.05, 3.63) is 29.3 Å². The molecule has 120 valence electrons. The van der Waals surface area contributed by atoms with Crippen LogP contribution in [0.3, 0.4) is 0 Å². The number of hydrogen-bond donors (Lipinski definition) is 0. The zero-order valence-corrected chi connectivity index (χ0v) is 13.5. The predicted molar refractivity (Wildman–Crippen MR) is 84.3 cm³/mol. The Bertz CT molecular complexity index is 540. The molecule has 2 fully saturated rings. The van der Waals surface area contributed by atoms with Crippen molar-refractivity contribution in [3.8, 4) is 5.75 Å². The van der Waals surface area contributed by atoms with Crippen LogP contribution in [-0.4, -0.2) is 68.3 Å². The predicted octanol–water partition coefficient (Wildman–Crippen LogP) is 1.51. The van der Waals surface area contributed by atoms with E-state index in [1.54, 1.807) is 12.1 Å². The largest absolute Gasteiger partial charge is 0.482 e. The summed E-state index contributed by atoms with van der Waals surface area (Å²) in [6.45, 7) is 3.81. The summed E-state index contributed by atoms with van der Waals surface area (Å²) in [5, 5.41) is 0.524. The van der Waals surface area contributed by atoms with Gasteiger partial charge in [0.05, 0.1) is 24.3 Å². The quantitative estimate of drug-likeness (QED) is 0.845. The third-order valence-electron chi connectivity index (χ3n) is 4.28. The molecule has 0 spiro atoms. The van der Waals surface area contributed by atoms with E-state index in [-0.39, 0.29) is 18.6 Å². The second-order valence-electron chi connectivity index (χ2n) is 6.01. The third-order valence-corrected chi connectivity index (χ3v) is 4.60. The topological polar surface area (TPSA) is 42.0 Å². The number of nitrogens with zero attached hydrogens (tertiary/aromatic N) is 2. The SMILES string of the molecule is CN1C[C@H]2COC[C@@H]1CN(C(=O)COc1ccccc1Cl)C2. The summed E-state index contributed by atoms with van der Waals surface area (Å²) in [6.07, 6.45) is 0. The first kappa shape index (κ1) is 15.6. The summed E-state index contributed by atoms with van der Waals surface area (Å²) in [7, 11) is 2.10. The summed E-state index contributed by atoms with van der Waals surface area (Å²) in [6, 6.07) is 7.46. The van der Waals surface area contributed by atoms with Crippen LogP contribution in [0.4, 0.5) is 0 Å².